The van der Waals surface area contributed by atoms with Gasteiger partial charge in [-0.25, -0.2) is 8.42 Å². The summed E-state index contributed by atoms with van der Waals surface area (Å²) in [5.41, 5.74) is 0. The SMILES string of the molecule is CCCCCCCCCCCCS(=O)(=O)C(C#N)=CC=C1N=CCS1. The Labute approximate surface area is 157 Å². The summed E-state index contributed by atoms with van der Waals surface area (Å²) in [5.74, 6) is 0.857. The van der Waals surface area contributed by atoms with Crippen molar-refractivity contribution in [3.63, 3.8) is 0 Å². The molecular formula is C19H30N2O2S2. The highest BCUT2D eigenvalue weighted by molar-refractivity contribution is 8.04. The standard InChI is InChI=1S/C19H30N2O2S2/c1-2-3-4-5-6-7-8-9-10-11-16-25(22,23)18(17-20)12-13-19-21-14-15-24-19/h12-14H,2-11,15-16H2,1H3. The maximum Gasteiger partial charge on any atom is 0.188 e. The third kappa shape index (κ3) is 9.86. The average Bonchev–Trinajstić information content (AvgIpc) is 3.10. The molecular weight excluding hydrogens is 352 g/mol. The Kier molecular flexibility index (Phi) is 11.6. The number of hydrogen-bond acceptors (Lipinski definition) is 5. The first kappa shape index (κ1) is 22.0. The van der Waals surface area contributed by atoms with Crippen LogP contribution in [0.1, 0.15) is 71.1 Å². The molecule has 4 nitrogen and oxygen atoms in total. The number of hydrogen-bond donors (Lipinski definition) is 0. The highest BCUT2D eigenvalue weighted by Crippen LogP contribution is 2.22. The van der Waals surface area contributed by atoms with E-state index in [1.54, 1.807) is 12.3 Å². The molecule has 1 aliphatic heterocycles. The lowest BCUT2D eigenvalue weighted by atomic mass is 10.1. The van der Waals surface area contributed by atoms with E-state index in [1.165, 1.54) is 62.8 Å². The molecule has 25 heavy (non-hydrogen) atoms. The van der Waals surface area contributed by atoms with Crippen LogP contribution in [0.25, 0.3) is 0 Å². The molecule has 0 aliphatic carbocycles. The second kappa shape index (κ2) is 13.2. The number of aliphatic imine (C=N–C) groups is 1. The van der Waals surface area contributed by atoms with Gasteiger partial charge in [0.25, 0.3) is 0 Å². The van der Waals surface area contributed by atoms with E-state index in [0.717, 1.165) is 23.6 Å². The molecule has 0 N–H and O–H groups in total. The van der Waals surface area contributed by atoms with Gasteiger partial charge in [-0.15, -0.1) is 11.8 Å². The normalized spacial score (nSPS) is 16.5. The van der Waals surface area contributed by atoms with Crippen molar-refractivity contribution in [2.24, 2.45) is 4.99 Å². The Morgan fingerprint density at radius 3 is 2.28 bits per heavy atom. The van der Waals surface area contributed by atoms with Crippen LogP contribution in [0.2, 0.25) is 0 Å². The van der Waals surface area contributed by atoms with Gasteiger partial charge in [0.1, 0.15) is 11.0 Å². The smallest absolute Gasteiger partial charge is 0.188 e. The van der Waals surface area contributed by atoms with Gasteiger partial charge < -0.3 is 0 Å². The number of sulfone groups is 1. The van der Waals surface area contributed by atoms with E-state index in [0.29, 0.717) is 6.42 Å². The molecule has 0 saturated heterocycles. The van der Waals surface area contributed by atoms with Gasteiger partial charge in [0.2, 0.25) is 0 Å². The highest BCUT2D eigenvalue weighted by Gasteiger charge is 2.16. The van der Waals surface area contributed by atoms with Crippen molar-refractivity contribution in [3.05, 3.63) is 22.1 Å². The van der Waals surface area contributed by atoms with Crippen molar-refractivity contribution in [2.75, 3.05) is 11.5 Å². The molecule has 0 aromatic carbocycles. The summed E-state index contributed by atoms with van der Waals surface area (Å²) >= 11 is 1.53. The fraction of sp³-hybridized carbons (Fsp3) is 0.684. The zero-order valence-electron chi connectivity index (χ0n) is 15.2. The van der Waals surface area contributed by atoms with E-state index in [4.69, 9.17) is 5.26 Å². The second-order valence-corrected chi connectivity index (χ2v) is 9.39. The van der Waals surface area contributed by atoms with Crippen LogP contribution >= 0.6 is 11.8 Å². The molecule has 0 radical (unpaired) electrons. The Morgan fingerprint density at radius 2 is 1.76 bits per heavy atom. The van der Waals surface area contributed by atoms with Crippen LogP contribution in [0.15, 0.2) is 27.1 Å². The minimum absolute atomic E-state index is 0.0580. The summed E-state index contributed by atoms with van der Waals surface area (Å²) in [6.45, 7) is 2.22. The minimum Gasteiger partial charge on any atom is -0.253 e. The average molecular weight is 383 g/mol. The van der Waals surface area contributed by atoms with Crippen molar-refractivity contribution in [1.82, 2.24) is 0 Å². The molecule has 0 aromatic rings. The predicted octanol–water partition coefficient (Wildman–Crippen LogP) is 5.39. The van der Waals surface area contributed by atoms with Gasteiger partial charge in [-0.2, -0.15) is 5.26 Å². The van der Waals surface area contributed by atoms with Crippen molar-refractivity contribution in [3.8, 4) is 6.07 Å². The minimum atomic E-state index is -3.48. The Hall–Kier alpha value is -1.06. The number of nitriles is 1. The van der Waals surface area contributed by atoms with Crippen LogP contribution in [0, 0.1) is 11.3 Å². The molecule has 0 saturated carbocycles. The lowest BCUT2D eigenvalue weighted by molar-refractivity contribution is 0.559. The summed E-state index contributed by atoms with van der Waals surface area (Å²) in [6.07, 6.45) is 16.3. The molecule has 0 fully saturated rings. The first-order chi connectivity index (χ1) is 12.1. The summed E-state index contributed by atoms with van der Waals surface area (Å²) in [4.78, 5) is 3.95. The third-order valence-corrected chi connectivity index (χ3v) is 6.69. The zero-order chi connectivity index (χ0) is 18.4. The maximum atomic E-state index is 12.2. The summed E-state index contributed by atoms with van der Waals surface area (Å²) < 4.78 is 24.5. The second-order valence-electron chi connectivity index (χ2n) is 6.27. The van der Waals surface area contributed by atoms with Crippen molar-refractivity contribution in [2.45, 2.75) is 71.1 Å². The van der Waals surface area contributed by atoms with Gasteiger partial charge >= 0.3 is 0 Å². The number of thioether (sulfide) groups is 1. The molecule has 0 amide bonds. The molecule has 1 rings (SSSR count). The Morgan fingerprint density at radius 1 is 1.16 bits per heavy atom. The Balaban J connectivity index is 2.23. The first-order valence-electron chi connectivity index (χ1n) is 9.30. The quantitative estimate of drug-likeness (QED) is 0.316. The van der Waals surface area contributed by atoms with E-state index in [2.05, 4.69) is 11.9 Å². The summed E-state index contributed by atoms with van der Waals surface area (Å²) in [6, 6.07) is 1.82. The fourth-order valence-electron chi connectivity index (χ4n) is 2.63. The van der Waals surface area contributed by atoms with Gasteiger partial charge in [0.05, 0.1) is 10.8 Å². The molecule has 0 aromatic heterocycles. The van der Waals surface area contributed by atoms with E-state index in [9.17, 15) is 8.42 Å². The molecule has 0 unspecified atom stereocenters. The van der Waals surface area contributed by atoms with Crippen LogP contribution in [-0.4, -0.2) is 26.1 Å². The largest absolute Gasteiger partial charge is 0.253 e. The van der Waals surface area contributed by atoms with Crippen LogP contribution in [0.5, 0.6) is 0 Å². The number of allylic oxidation sites excluding steroid dienone is 3. The van der Waals surface area contributed by atoms with E-state index in [1.807, 2.05) is 6.07 Å². The van der Waals surface area contributed by atoms with Crippen LogP contribution in [0.3, 0.4) is 0 Å². The molecule has 0 atom stereocenters. The summed E-state index contributed by atoms with van der Waals surface area (Å²) in [5, 5.41) is 9.88. The van der Waals surface area contributed by atoms with Crippen LogP contribution < -0.4 is 0 Å². The van der Waals surface area contributed by atoms with Crippen LogP contribution in [-0.2, 0) is 9.84 Å². The van der Waals surface area contributed by atoms with Crippen molar-refractivity contribution < 1.29 is 8.42 Å². The van der Waals surface area contributed by atoms with E-state index in [-0.39, 0.29) is 10.7 Å². The fourth-order valence-corrected chi connectivity index (χ4v) is 4.48. The first-order valence-corrected chi connectivity index (χ1v) is 11.9. The maximum absolute atomic E-state index is 12.2. The molecule has 1 aliphatic rings. The summed E-state index contributed by atoms with van der Waals surface area (Å²) in [7, 11) is -3.48. The molecule has 0 spiro atoms. The lowest BCUT2D eigenvalue weighted by Crippen LogP contribution is -2.08. The lowest BCUT2D eigenvalue weighted by Gasteiger charge is -2.03. The number of unbranched alkanes of at least 4 members (excludes halogenated alkanes) is 9. The molecule has 140 valence electrons. The van der Waals surface area contributed by atoms with Crippen molar-refractivity contribution >= 4 is 27.8 Å². The molecule has 0 bridgehead atoms. The van der Waals surface area contributed by atoms with Gasteiger partial charge in [0.15, 0.2) is 9.84 Å². The van der Waals surface area contributed by atoms with Crippen LogP contribution in [0.4, 0.5) is 0 Å². The van der Waals surface area contributed by atoms with Crippen molar-refractivity contribution in [1.29, 1.82) is 5.26 Å². The molecule has 6 heteroatoms. The number of nitrogens with zero attached hydrogens (tertiary/aromatic N) is 2. The topological polar surface area (TPSA) is 70.3 Å². The van der Waals surface area contributed by atoms with Gasteiger partial charge in [-0.05, 0) is 18.6 Å². The van der Waals surface area contributed by atoms with Gasteiger partial charge in [-0.1, -0.05) is 64.7 Å². The van der Waals surface area contributed by atoms with Gasteiger partial charge in [0, 0.05) is 12.0 Å². The van der Waals surface area contributed by atoms with E-state index >= 15 is 0 Å². The predicted molar refractivity (Wildman–Crippen MR) is 108 cm³/mol. The molecule has 1 heterocycles. The highest BCUT2D eigenvalue weighted by atomic mass is 32.2. The number of rotatable bonds is 13. The monoisotopic (exact) mass is 382 g/mol. The van der Waals surface area contributed by atoms with Gasteiger partial charge in [-0.3, -0.25) is 4.99 Å². The zero-order valence-corrected chi connectivity index (χ0v) is 16.9. The third-order valence-electron chi connectivity index (χ3n) is 4.11. The Bertz CT molecular complexity index is 614. The van der Waals surface area contributed by atoms with E-state index < -0.39 is 9.84 Å².